The quantitative estimate of drug-likeness (QED) is 0.890. The largest absolute Gasteiger partial charge is 0.331 e. The Morgan fingerprint density at radius 3 is 2.35 bits per heavy atom. The number of nitrogens with one attached hydrogen (secondary N) is 2. The lowest BCUT2D eigenvalue weighted by Gasteiger charge is -2.24. The molecule has 23 heavy (non-hydrogen) atoms. The van der Waals surface area contributed by atoms with Crippen LogP contribution in [0.5, 0.6) is 0 Å². The van der Waals surface area contributed by atoms with Crippen molar-refractivity contribution in [2.45, 2.75) is 32.9 Å². The van der Waals surface area contributed by atoms with Gasteiger partial charge in [-0.05, 0) is 30.5 Å². The van der Waals surface area contributed by atoms with Crippen LogP contribution in [0.15, 0.2) is 30.6 Å². The van der Waals surface area contributed by atoms with Crippen molar-refractivity contribution in [3.63, 3.8) is 0 Å². The summed E-state index contributed by atoms with van der Waals surface area (Å²) < 4.78 is 14.8. The molecule has 0 radical (unpaired) electrons. The molecule has 0 saturated heterocycles. The molecule has 7 heteroatoms. The van der Waals surface area contributed by atoms with Crippen molar-refractivity contribution in [1.82, 2.24) is 25.4 Å². The van der Waals surface area contributed by atoms with E-state index in [1.165, 1.54) is 12.1 Å². The van der Waals surface area contributed by atoms with Gasteiger partial charge in [-0.25, -0.2) is 9.18 Å². The molecular formula is C16H22FN5O. The van der Waals surface area contributed by atoms with Crippen LogP contribution in [0.1, 0.15) is 44.2 Å². The zero-order chi connectivity index (χ0) is 17.0. The number of urea groups is 1. The first-order chi connectivity index (χ1) is 10.9. The maximum absolute atomic E-state index is 13.1. The van der Waals surface area contributed by atoms with Crippen molar-refractivity contribution in [3.8, 4) is 0 Å². The molecule has 0 spiro atoms. The summed E-state index contributed by atoms with van der Waals surface area (Å²) in [5.41, 5.74) is 0.864. The highest BCUT2D eigenvalue weighted by atomic mass is 19.1. The molecular weight excluding hydrogens is 297 g/mol. The molecule has 2 rings (SSSR count). The minimum Gasteiger partial charge on any atom is -0.331 e. The SMILES string of the molecule is CC(C)[C@@H](NC(=O)N[C@H](C)c1nncn1C)c1ccc(F)cc1. The van der Waals surface area contributed by atoms with Crippen molar-refractivity contribution in [1.29, 1.82) is 0 Å². The van der Waals surface area contributed by atoms with E-state index in [1.54, 1.807) is 23.0 Å². The Hall–Kier alpha value is -2.44. The van der Waals surface area contributed by atoms with Gasteiger partial charge in [-0.2, -0.15) is 0 Å². The van der Waals surface area contributed by atoms with Gasteiger partial charge in [-0.15, -0.1) is 10.2 Å². The van der Waals surface area contributed by atoms with E-state index >= 15 is 0 Å². The van der Waals surface area contributed by atoms with Gasteiger partial charge in [-0.3, -0.25) is 0 Å². The predicted molar refractivity (Wildman–Crippen MR) is 85.1 cm³/mol. The number of benzene rings is 1. The van der Waals surface area contributed by atoms with E-state index in [9.17, 15) is 9.18 Å². The average Bonchev–Trinajstić information content (AvgIpc) is 2.92. The summed E-state index contributed by atoms with van der Waals surface area (Å²) in [6.45, 7) is 5.84. The number of aromatic nitrogens is 3. The van der Waals surface area contributed by atoms with Gasteiger partial charge in [-0.1, -0.05) is 26.0 Å². The van der Waals surface area contributed by atoms with Gasteiger partial charge < -0.3 is 15.2 Å². The molecule has 124 valence electrons. The normalized spacial score (nSPS) is 13.7. The van der Waals surface area contributed by atoms with Gasteiger partial charge >= 0.3 is 6.03 Å². The molecule has 0 aliphatic carbocycles. The number of hydrogen-bond donors (Lipinski definition) is 2. The number of nitrogens with zero attached hydrogens (tertiary/aromatic N) is 3. The molecule has 0 saturated carbocycles. The number of carbonyl (C=O) groups excluding carboxylic acids is 1. The number of aryl methyl sites for hydroxylation is 1. The number of hydrogen-bond acceptors (Lipinski definition) is 3. The highest BCUT2D eigenvalue weighted by molar-refractivity contribution is 5.74. The Balaban J connectivity index is 2.04. The average molecular weight is 319 g/mol. The molecule has 0 aliphatic rings. The molecule has 2 aromatic rings. The van der Waals surface area contributed by atoms with Gasteiger partial charge in [0.05, 0.1) is 12.1 Å². The second-order valence-electron chi connectivity index (χ2n) is 5.91. The van der Waals surface area contributed by atoms with Crippen LogP contribution >= 0.6 is 0 Å². The molecule has 6 nitrogen and oxygen atoms in total. The predicted octanol–water partition coefficient (Wildman–Crippen LogP) is 2.71. The van der Waals surface area contributed by atoms with Gasteiger partial charge in [0.2, 0.25) is 0 Å². The molecule has 2 atom stereocenters. The highest BCUT2D eigenvalue weighted by Gasteiger charge is 2.20. The van der Waals surface area contributed by atoms with Crippen LogP contribution in [0.25, 0.3) is 0 Å². The van der Waals surface area contributed by atoms with Crippen molar-refractivity contribution in [3.05, 3.63) is 47.8 Å². The molecule has 0 bridgehead atoms. The van der Waals surface area contributed by atoms with Crippen molar-refractivity contribution < 1.29 is 9.18 Å². The van der Waals surface area contributed by atoms with Gasteiger partial charge in [0.15, 0.2) is 5.82 Å². The minimum absolute atomic E-state index is 0.163. The van der Waals surface area contributed by atoms with Gasteiger partial charge in [0.1, 0.15) is 12.1 Å². The maximum atomic E-state index is 13.1. The van der Waals surface area contributed by atoms with Crippen LogP contribution in [0.4, 0.5) is 9.18 Å². The summed E-state index contributed by atoms with van der Waals surface area (Å²) in [4.78, 5) is 12.3. The molecule has 2 N–H and O–H groups in total. The minimum atomic E-state index is -0.302. The lowest BCUT2D eigenvalue weighted by molar-refractivity contribution is 0.229. The summed E-state index contributed by atoms with van der Waals surface area (Å²) >= 11 is 0. The van der Waals surface area contributed by atoms with E-state index in [4.69, 9.17) is 0 Å². The number of carbonyl (C=O) groups is 1. The van der Waals surface area contributed by atoms with Crippen molar-refractivity contribution in [2.24, 2.45) is 13.0 Å². The first-order valence-corrected chi connectivity index (χ1v) is 7.55. The Morgan fingerprint density at radius 2 is 1.83 bits per heavy atom. The lowest BCUT2D eigenvalue weighted by atomic mass is 9.96. The van der Waals surface area contributed by atoms with Crippen LogP contribution in [0, 0.1) is 11.7 Å². The van der Waals surface area contributed by atoms with Gasteiger partial charge in [0, 0.05) is 7.05 Å². The standard InChI is InChI=1S/C16H22FN5O/c1-10(2)14(12-5-7-13(17)8-6-12)20-16(23)19-11(3)15-21-18-9-22(15)4/h5-11,14H,1-4H3,(H2,19,20,23)/t11-,14-/m1/s1. The van der Waals surface area contributed by atoms with Crippen LogP contribution in [0.3, 0.4) is 0 Å². The number of amides is 2. The van der Waals surface area contributed by atoms with Crippen LogP contribution in [-0.4, -0.2) is 20.8 Å². The first-order valence-electron chi connectivity index (χ1n) is 7.55. The molecule has 1 aromatic carbocycles. The van der Waals surface area contributed by atoms with Gasteiger partial charge in [0.25, 0.3) is 0 Å². The fourth-order valence-electron chi connectivity index (χ4n) is 2.43. The molecule has 2 amide bonds. The summed E-state index contributed by atoms with van der Waals surface area (Å²) in [6.07, 6.45) is 1.58. The fourth-order valence-corrected chi connectivity index (χ4v) is 2.43. The molecule has 1 heterocycles. The van der Waals surface area contributed by atoms with Crippen molar-refractivity contribution >= 4 is 6.03 Å². The Labute approximate surface area is 135 Å². The summed E-state index contributed by atoms with van der Waals surface area (Å²) in [6, 6.07) is 5.38. The summed E-state index contributed by atoms with van der Waals surface area (Å²) in [7, 11) is 1.82. The third-order valence-corrected chi connectivity index (χ3v) is 3.66. The zero-order valence-electron chi connectivity index (χ0n) is 13.7. The summed E-state index contributed by atoms with van der Waals surface area (Å²) in [5, 5.41) is 13.6. The third kappa shape index (κ3) is 4.28. The monoisotopic (exact) mass is 319 g/mol. The second kappa shape index (κ2) is 7.21. The van der Waals surface area contributed by atoms with Crippen LogP contribution in [-0.2, 0) is 7.05 Å². The summed E-state index contributed by atoms with van der Waals surface area (Å²) in [5.74, 6) is 0.538. The molecule has 0 unspecified atom stereocenters. The van der Waals surface area contributed by atoms with E-state index in [1.807, 2.05) is 27.8 Å². The van der Waals surface area contributed by atoms with E-state index in [0.29, 0.717) is 5.82 Å². The van der Waals surface area contributed by atoms with E-state index in [2.05, 4.69) is 20.8 Å². The fraction of sp³-hybridized carbons (Fsp3) is 0.438. The van der Waals surface area contributed by atoms with E-state index < -0.39 is 0 Å². The van der Waals surface area contributed by atoms with Crippen molar-refractivity contribution in [2.75, 3.05) is 0 Å². The Kier molecular flexibility index (Phi) is 5.31. The van der Waals surface area contributed by atoms with Crippen LogP contribution < -0.4 is 10.6 Å². The zero-order valence-corrected chi connectivity index (χ0v) is 13.7. The molecule has 0 fully saturated rings. The Morgan fingerprint density at radius 1 is 1.17 bits per heavy atom. The van der Waals surface area contributed by atoms with E-state index in [-0.39, 0.29) is 29.8 Å². The number of halogens is 1. The lowest BCUT2D eigenvalue weighted by Crippen LogP contribution is -2.41. The maximum Gasteiger partial charge on any atom is 0.315 e. The van der Waals surface area contributed by atoms with E-state index in [0.717, 1.165) is 5.56 Å². The smallest absolute Gasteiger partial charge is 0.315 e. The third-order valence-electron chi connectivity index (χ3n) is 3.66. The Bertz CT molecular complexity index is 653. The highest BCUT2D eigenvalue weighted by Crippen LogP contribution is 2.22. The first kappa shape index (κ1) is 16.9. The van der Waals surface area contributed by atoms with Crippen LogP contribution in [0.2, 0.25) is 0 Å². The number of rotatable bonds is 5. The molecule has 1 aromatic heterocycles. The second-order valence-corrected chi connectivity index (χ2v) is 5.91. The molecule has 0 aliphatic heterocycles. The topological polar surface area (TPSA) is 71.8 Å².